The summed E-state index contributed by atoms with van der Waals surface area (Å²) in [5.41, 5.74) is 2.46. The zero-order valence-electron chi connectivity index (χ0n) is 16.2. The highest BCUT2D eigenvalue weighted by Crippen LogP contribution is 2.27. The molecule has 5 rings (SSSR count). The molecule has 146 valence electrons. The first-order chi connectivity index (χ1) is 14.2. The number of hydrogen-bond donors (Lipinski definition) is 0. The topological polar surface area (TPSA) is 52.3 Å². The van der Waals surface area contributed by atoms with Crippen LogP contribution in [0.3, 0.4) is 0 Å². The molecule has 0 aliphatic carbocycles. The molecule has 3 heterocycles. The fourth-order valence-corrected chi connectivity index (χ4v) is 4.10. The fourth-order valence-electron chi connectivity index (χ4n) is 4.10. The predicted octanol–water partition coefficient (Wildman–Crippen LogP) is 3.86. The summed E-state index contributed by atoms with van der Waals surface area (Å²) in [5, 5.41) is 0. The number of ether oxygens (including phenoxy) is 1. The van der Waals surface area contributed by atoms with Gasteiger partial charge < -0.3 is 9.64 Å². The molecule has 1 aliphatic rings. The van der Waals surface area contributed by atoms with E-state index in [4.69, 9.17) is 4.74 Å². The molecule has 0 N–H and O–H groups in total. The lowest BCUT2D eigenvalue weighted by molar-refractivity contribution is 0.392. The van der Waals surface area contributed by atoms with Crippen LogP contribution < -0.4 is 10.4 Å². The van der Waals surface area contributed by atoms with Crippen LogP contribution in [0.1, 0.15) is 12.5 Å². The third-order valence-electron chi connectivity index (χ3n) is 5.46. The van der Waals surface area contributed by atoms with Gasteiger partial charge in [0.1, 0.15) is 11.5 Å². The monoisotopic (exact) mass is 386 g/mol. The minimum Gasteiger partial charge on any atom is -0.457 e. The predicted molar refractivity (Wildman–Crippen MR) is 113 cm³/mol. The number of rotatable bonds is 4. The summed E-state index contributed by atoms with van der Waals surface area (Å²) in [7, 11) is 2.09. The second-order valence-electron chi connectivity index (χ2n) is 7.47. The molecule has 4 aromatic rings. The SMILES string of the molecule is CN1CC[C@@H](n2c(=O)n(-c3cccc(Oc4ccccc4)c3)c3cnccc32)C1. The molecule has 29 heavy (non-hydrogen) atoms. The molecule has 0 amide bonds. The molecule has 0 unspecified atom stereocenters. The maximum atomic E-state index is 13.5. The van der Waals surface area contributed by atoms with Crippen LogP contribution in [0.15, 0.2) is 77.9 Å². The van der Waals surface area contributed by atoms with Crippen LogP contribution in [0.4, 0.5) is 0 Å². The van der Waals surface area contributed by atoms with Crippen molar-refractivity contribution >= 4 is 11.0 Å². The van der Waals surface area contributed by atoms with E-state index in [0.29, 0.717) is 5.75 Å². The number of para-hydroxylation sites is 1. The van der Waals surface area contributed by atoms with Crippen molar-refractivity contribution in [3.05, 3.63) is 83.5 Å². The standard InChI is InChI=1S/C23H22N4O2/c1-25-13-11-18(16-25)27-21-10-12-24-15-22(21)26(23(27)28)17-6-5-9-20(14-17)29-19-7-3-2-4-8-19/h2-10,12,14-15,18H,11,13,16H2,1H3/t18-/m1/s1. The molecule has 0 spiro atoms. The first kappa shape index (κ1) is 17.7. The van der Waals surface area contributed by atoms with E-state index in [9.17, 15) is 4.79 Å². The van der Waals surface area contributed by atoms with Gasteiger partial charge in [-0.15, -0.1) is 0 Å². The summed E-state index contributed by atoms with van der Waals surface area (Å²) < 4.78 is 9.63. The molecule has 6 nitrogen and oxygen atoms in total. The van der Waals surface area contributed by atoms with Gasteiger partial charge in [0.25, 0.3) is 0 Å². The summed E-state index contributed by atoms with van der Waals surface area (Å²) in [4.78, 5) is 20.0. The normalized spacial score (nSPS) is 17.1. The summed E-state index contributed by atoms with van der Waals surface area (Å²) in [5.74, 6) is 1.45. The maximum absolute atomic E-state index is 13.5. The first-order valence-corrected chi connectivity index (χ1v) is 9.79. The molecule has 2 aromatic carbocycles. The van der Waals surface area contributed by atoms with Gasteiger partial charge in [-0.25, -0.2) is 4.79 Å². The Hall–Kier alpha value is -3.38. The number of likely N-dealkylation sites (tertiary alicyclic amines) is 1. The number of likely N-dealkylation sites (N-methyl/N-ethyl adjacent to an activating group) is 1. The van der Waals surface area contributed by atoms with Crippen molar-refractivity contribution in [2.24, 2.45) is 0 Å². The Morgan fingerprint density at radius 1 is 1.00 bits per heavy atom. The zero-order chi connectivity index (χ0) is 19.8. The number of imidazole rings is 1. The van der Waals surface area contributed by atoms with Crippen LogP contribution in [-0.2, 0) is 0 Å². The van der Waals surface area contributed by atoms with Gasteiger partial charge in [-0.2, -0.15) is 0 Å². The lowest BCUT2D eigenvalue weighted by Gasteiger charge is -2.12. The van der Waals surface area contributed by atoms with Crippen LogP contribution in [-0.4, -0.2) is 39.2 Å². The Kier molecular flexibility index (Phi) is 4.41. The summed E-state index contributed by atoms with van der Waals surface area (Å²) in [6.07, 6.45) is 4.47. The molecule has 0 radical (unpaired) electrons. The molecule has 6 heteroatoms. The van der Waals surface area contributed by atoms with Crippen molar-refractivity contribution in [2.75, 3.05) is 20.1 Å². The molecule has 0 bridgehead atoms. The highest BCUT2D eigenvalue weighted by atomic mass is 16.5. The van der Waals surface area contributed by atoms with Gasteiger partial charge in [0.05, 0.1) is 29.0 Å². The Labute approximate surface area is 168 Å². The van der Waals surface area contributed by atoms with E-state index in [1.807, 2.05) is 65.2 Å². The number of hydrogen-bond acceptors (Lipinski definition) is 4. The van der Waals surface area contributed by atoms with E-state index in [-0.39, 0.29) is 11.7 Å². The highest BCUT2D eigenvalue weighted by molar-refractivity contribution is 5.77. The lowest BCUT2D eigenvalue weighted by atomic mass is 10.2. The van der Waals surface area contributed by atoms with Crippen molar-refractivity contribution in [3.8, 4) is 17.2 Å². The summed E-state index contributed by atoms with van der Waals surface area (Å²) in [6.45, 7) is 1.87. The van der Waals surface area contributed by atoms with Crippen LogP contribution in [0.5, 0.6) is 11.5 Å². The van der Waals surface area contributed by atoms with Crippen LogP contribution in [0.25, 0.3) is 16.7 Å². The van der Waals surface area contributed by atoms with Gasteiger partial charge in [-0.05, 0) is 50.3 Å². The van der Waals surface area contributed by atoms with Crippen LogP contribution in [0, 0.1) is 0 Å². The van der Waals surface area contributed by atoms with Gasteiger partial charge in [0, 0.05) is 18.8 Å². The maximum Gasteiger partial charge on any atom is 0.334 e. The summed E-state index contributed by atoms with van der Waals surface area (Å²) >= 11 is 0. The Bertz CT molecular complexity index is 1210. The van der Waals surface area contributed by atoms with Crippen molar-refractivity contribution < 1.29 is 4.74 Å². The van der Waals surface area contributed by atoms with Crippen molar-refractivity contribution in [3.63, 3.8) is 0 Å². The van der Waals surface area contributed by atoms with E-state index < -0.39 is 0 Å². The Morgan fingerprint density at radius 3 is 2.62 bits per heavy atom. The quantitative estimate of drug-likeness (QED) is 0.535. The van der Waals surface area contributed by atoms with Gasteiger partial charge in [0.2, 0.25) is 0 Å². The van der Waals surface area contributed by atoms with Gasteiger partial charge in [-0.3, -0.25) is 14.1 Å². The second-order valence-corrected chi connectivity index (χ2v) is 7.47. The minimum atomic E-state index is -0.0369. The second kappa shape index (κ2) is 7.22. The number of aromatic nitrogens is 3. The number of benzene rings is 2. The molecular weight excluding hydrogens is 364 g/mol. The third kappa shape index (κ3) is 3.21. The van der Waals surface area contributed by atoms with Gasteiger partial charge in [-0.1, -0.05) is 24.3 Å². The molecule has 1 saturated heterocycles. The van der Waals surface area contributed by atoms with E-state index >= 15 is 0 Å². The molecule has 0 saturated carbocycles. The largest absolute Gasteiger partial charge is 0.457 e. The average molecular weight is 386 g/mol. The summed E-state index contributed by atoms with van der Waals surface area (Å²) in [6, 6.07) is 19.3. The van der Waals surface area contributed by atoms with Gasteiger partial charge in [0.15, 0.2) is 0 Å². The van der Waals surface area contributed by atoms with E-state index in [1.54, 1.807) is 17.0 Å². The number of nitrogens with zero attached hydrogens (tertiary/aromatic N) is 4. The first-order valence-electron chi connectivity index (χ1n) is 9.79. The molecular formula is C23H22N4O2. The lowest BCUT2D eigenvalue weighted by Crippen LogP contribution is -2.28. The zero-order valence-corrected chi connectivity index (χ0v) is 16.2. The number of pyridine rings is 1. The fraction of sp³-hybridized carbons (Fsp3) is 0.217. The number of fused-ring (bicyclic) bond motifs is 1. The highest BCUT2D eigenvalue weighted by Gasteiger charge is 2.26. The van der Waals surface area contributed by atoms with Crippen molar-refractivity contribution in [2.45, 2.75) is 12.5 Å². The van der Waals surface area contributed by atoms with Crippen LogP contribution >= 0.6 is 0 Å². The molecule has 1 fully saturated rings. The van der Waals surface area contributed by atoms with Crippen molar-refractivity contribution in [1.82, 2.24) is 19.0 Å². The minimum absolute atomic E-state index is 0.0369. The molecule has 1 aliphatic heterocycles. The van der Waals surface area contributed by atoms with E-state index in [0.717, 1.165) is 42.0 Å². The van der Waals surface area contributed by atoms with Crippen molar-refractivity contribution in [1.29, 1.82) is 0 Å². The van der Waals surface area contributed by atoms with E-state index in [1.165, 1.54) is 0 Å². The molecule has 1 atom stereocenters. The van der Waals surface area contributed by atoms with Gasteiger partial charge >= 0.3 is 5.69 Å². The van der Waals surface area contributed by atoms with E-state index in [2.05, 4.69) is 16.9 Å². The third-order valence-corrected chi connectivity index (χ3v) is 5.46. The molecule has 2 aromatic heterocycles. The average Bonchev–Trinajstić information content (AvgIpc) is 3.28. The Balaban J connectivity index is 1.62. The smallest absolute Gasteiger partial charge is 0.334 e. The van der Waals surface area contributed by atoms with Crippen LogP contribution in [0.2, 0.25) is 0 Å². The Morgan fingerprint density at radius 2 is 1.83 bits per heavy atom.